The van der Waals surface area contributed by atoms with Crippen LogP contribution in [0.5, 0.6) is 5.75 Å². The molecule has 0 bridgehead atoms. The predicted molar refractivity (Wildman–Crippen MR) is 160 cm³/mol. The normalized spacial score (nSPS) is 25.7. The molecule has 0 radical (unpaired) electrons. The highest BCUT2D eigenvalue weighted by Crippen LogP contribution is 2.33. The summed E-state index contributed by atoms with van der Waals surface area (Å²) in [5, 5.41) is 8.70. The molecule has 1 aromatic carbocycles. The first-order chi connectivity index (χ1) is 20.6. The van der Waals surface area contributed by atoms with Crippen molar-refractivity contribution in [2.75, 3.05) is 5.73 Å². The number of aromatic nitrogens is 1. The smallest absolute Gasteiger partial charge is 0.418 e. The van der Waals surface area contributed by atoms with Crippen molar-refractivity contribution in [2.45, 2.75) is 82.3 Å². The Morgan fingerprint density at radius 2 is 2.07 bits per heavy atom. The van der Waals surface area contributed by atoms with Crippen LogP contribution in [0.25, 0.3) is 0 Å². The molecule has 5 rings (SSSR count). The summed E-state index contributed by atoms with van der Waals surface area (Å²) in [6.07, 6.45) is 1.94. The maximum Gasteiger partial charge on any atom is 0.418 e. The summed E-state index contributed by atoms with van der Waals surface area (Å²) in [7, 11) is -4.96. The number of ether oxygens (including phenoxy) is 1. The molecule has 0 spiro atoms. The van der Waals surface area contributed by atoms with Crippen LogP contribution in [-0.4, -0.2) is 82.3 Å². The summed E-state index contributed by atoms with van der Waals surface area (Å²) >= 11 is 1.07. The van der Waals surface area contributed by atoms with Crippen molar-refractivity contribution >= 4 is 50.2 Å². The molecule has 238 valence electrons. The van der Waals surface area contributed by atoms with E-state index < -0.39 is 46.0 Å². The van der Waals surface area contributed by atoms with E-state index in [-0.39, 0.29) is 28.6 Å². The van der Waals surface area contributed by atoms with Gasteiger partial charge in [-0.2, -0.15) is 13.5 Å². The van der Waals surface area contributed by atoms with E-state index in [1.54, 1.807) is 6.92 Å². The first-order valence-corrected chi connectivity index (χ1v) is 16.0. The predicted octanol–water partition coefficient (Wildman–Crippen LogP) is 0.263. The number of hydrogen-bond acceptors (Lipinski definition) is 13. The number of amidine groups is 1. The Hall–Kier alpha value is -3.84. The third kappa shape index (κ3) is 6.63. The van der Waals surface area contributed by atoms with Crippen LogP contribution in [0, 0.1) is 0 Å². The van der Waals surface area contributed by atoms with Crippen LogP contribution < -0.4 is 27.3 Å². The van der Waals surface area contributed by atoms with Gasteiger partial charge in [-0.25, -0.2) is 4.98 Å². The van der Waals surface area contributed by atoms with Crippen LogP contribution in [0.1, 0.15) is 56.9 Å². The molecule has 3 aliphatic rings. The van der Waals surface area contributed by atoms with E-state index in [0.29, 0.717) is 29.5 Å². The molecule has 8 N–H and O–H groups in total. The standard InChI is InChI=1S/C26H34N8O8S2/c1-12(18-6-4-13-8-14(5-7-19(13)40-18)22(28)30-16-9-15(27)10-16)41-33-20(17-11-43-25(29)31-17)23(35)32-21-24(36)34(26(21,2)3)42-44(37,38)39/h5,7-8,11-12,15-16,18,21H,4,6,9-10,27H2,1-3H3,(H2,28,30)(H2,29,31)(H,32,35)(H,37,38,39)/b33-20-. The second kappa shape index (κ2) is 11.9. The highest BCUT2D eigenvalue weighted by Gasteiger charge is 2.58. The van der Waals surface area contributed by atoms with E-state index in [1.165, 1.54) is 19.2 Å². The molecular weight excluding hydrogens is 616 g/mol. The zero-order valence-electron chi connectivity index (χ0n) is 24.2. The van der Waals surface area contributed by atoms with Crippen molar-refractivity contribution in [1.82, 2.24) is 15.4 Å². The molecular formula is C26H34N8O8S2. The number of aliphatic imine (C=N–C) groups is 1. The van der Waals surface area contributed by atoms with E-state index in [4.69, 9.17) is 31.3 Å². The fourth-order valence-electron chi connectivity index (χ4n) is 5.13. The number of carbonyl (C=O) groups is 2. The minimum atomic E-state index is -4.96. The lowest BCUT2D eigenvalue weighted by molar-refractivity contribution is -0.218. The number of oxime groups is 1. The monoisotopic (exact) mass is 650 g/mol. The number of aryl methyl sites for hydroxylation is 1. The Morgan fingerprint density at radius 3 is 2.68 bits per heavy atom. The summed E-state index contributed by atoms with van der Waals surface area (Å²) < 4.78 is 41.7. The van der Waals surface area contributed by atoms with Crippen molar-refractivity contribution in [1.29, 1.82) is 0 Å². The number of hydrogen-bond donors (Lipinski definition) is 5. The average molecular weight is 651 g/mol. The number of amides is 2. The van der Waals surface area contributed by atoms with Gasteiger partial charge in [-0.1, -0.05) is 5.16 Å². The molecule has 16 nitrogen and oxygen atoms in total. The van der Waals surface area contributed by atoms with Gasteiger partial charge in [-0.3, -0.25) is 19.1 Å². The first kappa shape index (κ1) is 31.6. The Labute approximate surface area is 257 Å². The van der Waals surface area contributed by atoms with Crippen LogP contribution in [0.2, 0.25) is 0 Å². The lowest BCUT2D eigenvalue weighted by Gasteiger charge is -2.50. The molecule has 18 heteroatoms. The van der Waals surface area contributed by atoms with Crippen molar-refractivity contribution in [2.24, 2.45) is 21.6 Å². The van der Waals surface area contributed by atoms with Crippen LogP contribution in [0.3, 0.4) is 0 Å². The topological polar surface area (TPSA) is 247 Å². The van der Waals surface area contributed by atoms with Crippen molar-refractivity contribution in [3.63, 3.8) is 0 Å². The van der Waals surface area contributed by atoms with Gasteiger partial charge in [0.05, 0.1) is 11.6 Å². The van der Waals surface area contributed by atoms with E-state index in [9.17, 15) is 18.0 Å². The number of nitrogen functional groups attached to an aromatic ring is 1. The fourth-order valence-corrected chi connectivity index (χ4v) is 6.13. The van der Waals surface area contributed by atoms with E-state index in [1.807, 2.05) is 18.2 Å². The van der Waals surface area contributed by atoms with Crippen molar-refractivity contribution < 1.29 is 36.4 Å². The molecule has 3 unspecified atom stereocenters. The molecule has 2 aliphatic heterocycles. The molecule has 2 aromatic rings. The number of thiazole rings is 1. The molecule has 1 saturated heterocycles. The molecule has 1 aromatic heterocycles. The van der Waals surface area contributed by atoms with Gasteiger partial charge in [0.1, 0.15) is 29.4 Å². The summed E-state index contributed by atoms with van der Waals surface area (Å²) in [6.45, 7) is 4.62. The maximum absolute atomic E-state index is 13.3. The van der Waals surface area contributed by atoms with Gasteiger partial charge in [0, 0.05) is 17.0 Å². The maximum atomic E-state index is 13.3. The summed E-state index contributed by atoms with van der Waals surface area (Å²) in [5.74, 6) is -0.580. The number of hydroxylamine groups is 2. The Bertz CT molecular complexity index is 1620. The lowest BCUT2D eigenvalue weighted by Crippen LogP contribution is -2.76. The second-order valence-corrected chi connectivity index (χ2v) is 13.3. The van der Waals surface area contributed by atoms with Crippen LogP contribution in [-0.2, 0) is 35.5 Å². The van der Waals surface area contributed by atoms with Gasteiger partial charge >= 0.3 is 10.4 Å². The summed E-state index contributed by atoms with van der Waals surface area (Å²) in [6, 6.07) is 4.79. The molecule has 1 aliphatic carbocycles. The molecule has 44 heavy (non-hydrogen) atoms. The molecule has 2 fully saturated rings. The SMILES string of the molecule is CC(O/N=C(\C(=O)NC1C(=O)N(OS(=O)(=O)O)C1(C)C)c1csc(N)n1)C1CCc2cc(C(N)=NC3CC(N)C3)ccc2O1. The largest absolute Gasteiger partial charge is 0.486 e. The third-order valence-electron chi connectivity index (χ3n) is 7.74. The van der Waals surface area contributed by atoms with E-state index in [2.05, 4.69) is 24.7 Å². The second-order valence-electron chi connectivity index (χ2n) is 11.4. The molecule has 3 atom stereocenters. The summed E-state index contributed by atoms with van der Waals surface area (Å²) in [5.41, 5.74) is 18.2. The molecule has 1 saturated carbocycles. The minimum absolute atomic E-state index is 0.110. The number of nitrogens with two attached hydrogens (primary N) is 3. The Balaban J connectivity index is 1.26. The molecule has 2 amide bonds. The number of nitrogens with zero attached hydrogens (tertiary/aromatic N) is 4. The van der Waals surface area contributed by atoms with E-state index in [0.717, 1.165) is 35.3 Å². The Morgan fingerprint density at radius 1 is 1.34 bits per heavy atom. The van der Waals surface area contributed by atoms with Crippen molar-refractivity contribution in [3.05, 3.63) is 40.4 Å². The van der Waals surface area contributed by atoms with E-state index >= 15 is 0 Å². The number of carbonyl (C=O) groups excluding carboxylic acids is 2. The third-order valence-corrected chi connectivity index (χ3v) is 8.75. The zero-order chi connectivity index (χ0) is 32.0. The van der Waals surface area contributed by atoms with Gasteiger partial charge in [-0.05, 0) is 70.2 Å². The fraction of sp³-hybridized carbons (Fsp3) is 0.500. The first-order valence-electron chi connectivity index (χ1n) is 13.8. The van der Waals surface area contributed by atoms with Gasteiger partial charge in [-0.15, -0.1) is 15.6 Å². The number of rotatable bonds is 10. The number of β-lactam (4-membered cyclic amide) rings is 1. The highest BCUT2D eigenvalue weighted by atomic mass is 32.3. The minimum Gasteiger partial charge on any atom is -0.486 e. The number of benzene rings is 1. The molecule has 3 heterocycles. The van der Waals surface area contributed by atoms with Crippen LogP contribution in [0.15, 0.2) is 33.7 Å². The van der Waals surface area contributed by atoms with Gasteiger partial charge in [0.2, 0.25) is 0 Å². The van der Waals surface area contributed by atoms with Crippen LogP contribution >= 0.6 is 11.3 Å². The highest BCUT2D eigenvalue weighted by molar-refractivity contribution is 7.80. The quantitative estimate of drug-likeness (QED) is 0.0764. The van der Waals surface area contributed by atoms with Gasteiger partial charge in [0.15, 0.2) is 16.9 Å². The van der Waals surface area contributed by atoms with Gasteiger partial charge in [0.25, 0.3) is 11.8 Å². The number of fused-ring (bicyclic) bond motifs is 1. The zero-order valence-corrected chi connectivity index (χ0v) is 25.8. The van der Waals surface area contributed by atoms with Crippen LogP contribution in [0.4, 0.5) is 5.13 Å². The lowest BCUT2D eigenvalue weighted by atomic mass is 9.84. The number of anilines is 1. The van der Waals surface area contributed by atoms with Gasteiger partial charge < -0.3 is 32.1 Å². The van der Waals surface area contributed by atoms with Crippen molar-refractivity contribution in [3.8, 4) is 5.75 Å². The summed E-state index contributed by atoms with van der Waals surface area (Å²) in [4.78, 5) is 40.2. The number of nitrogens with one attached hydrogen (secondary N) is 1. The Kier molecular flexibility index (Phi) is 8.56. The average Bonchev–Trinajstić information content (AvgIpc) is 3.38.